The molecule has 3 aliphatic rings. The van der Waals surface area contributed by atoms with E-state index in [1.807, 2.05) is 9.80 Å². The van der Waals surface area contributed by atoms with Crippen LogP contribution in [0.3, 0.4) is 0 Å². The lowest BCUT2D eigenvalue weighted by atomic mass is 9.97. The first-order chi connectivity index (χ1) is 13.2. The van der Waals surface area contributed by atoms with Crippen molar-refractivity contribution in [3.8, 4) is 0 Å². The average Bonchev–Trinajstić information content (AvgIpc) is 3.32. The summed E-state index contributed by atoms with van der Waals surface area (Å²) >= 11 is 1.65. The molecular weight excluding hydrogens is 360 g/mol. The molecular formula is C20H30N4O2S. The zero-order valence-electron chi connectivity index (χ0n) is 16.0. The maximum Gasteiger partial charge on any atom is 0.320 e. The molecule has 1 atom stereocenters. The van der Waals surface area contributed by atoms with E-state index < -0.39 is 0 Å². The number of anilines is 1. The van der Waals surface area contributed by atoms with E-state index in [0.717, 1.165) is 63.3 Å². The number of piperidine rings is 1. The highest BCUT2D eigenvalue weighted by molar-refractivity contribution is 7.15. The van der Waals surface area contributed by atoms with Crippen LogP contribution in [0.4, 0.5) is 9.93 Å². The van der Waals surface area contributed by atoms with Crippen molar-refractivity contribution in [2.75, 3.05) is 31.5 Å². The van der Waals surface area contributed by atoms with E-state index in [-0.39, 0.29) is 17.9 Å². The molecule has 0 radical (unpaired) electrons. The second-order valence-electron chi connectivity index (χ2n) is 8.05. The normalized spacial score (nSPS) is 23.5. The van der Waals surface area contributed by atoms with Crippen molar-refractivity contribution in [2.24, 2.45) is 5.92 Å². The van der Waals surface area contributed by atoms with E-state index in [9.17, 15) is 9.59 Å². The Labute approximate surface area is 165 Å². The summed E-state index contributed by atoms with van der Waals surface area (Å²) in [4.78, 5) is 35.3. The van der Waals surface area contributed by atoms with E-state index in [0.29, 0.717) is 6.54 Å². The number of thiazole rings is 1. The molecule has 27 heavy (non-hydrogen) atoms. The summed E-state index contributed by atoms with van der Waals surface area (Å²) in [5.41, 5.74) is 1.18. The third-order valence-corrected chi connectivity index (χ3v) is 7.09. The van der Waals surface area contributed by atoms with Crippen LogP contribution in [0.5, 0.6) is 0 Å². The molecule has 2 fully saturated rings. The molecule has 1 aromatic heterocycles. The average molecular weight is 391 g/mol. The van der Waals surface area contributed by atoms with Crippen molar-refractivity contribution in [3.63, 3.8) is 0 Å². The van der Waals surface area contributed by atoms with Crippen molar-refractivity contribution in [2.45, 2.75) is 64.2 Å². The number of urea groups is 1. The van der Waals surface area contributed by atoms with E-state index >= 15 is 0 Å². The summed E-state index contributed by atoms with van der Waals surface area (Å²) in [6.45, 7) is 3.02. The molecule has 0 spiro atoms. The predicted molar refractivity (Wildman–Crippen MR) is 107 cm³/mol. The number of amides is 3. The lowest BCUT2D eigenvalue weighted by Gasteiger charge is -2.34. The number of likely N-dealkylation sites (tertiary alicyclic amines) is 2. The van der Waals surface area contributed by atoms with Gasteiger partial charge in [-0.15, -0.1) is 11.3 Å². The molecule has 0 unspecified atom stereocenters. The molecule has 1 aliphatic carbocycles. The maximum absolute atomic E-state index is 12.8. The van der Waals surface area contributed by atoms with E-state index in [2.05, 4.69) is 5.32 Å². The molecule has 6 nitrogen and oxygen atoms in total. The summed E-state index contributed by atoms with van der Waals surface area (Å²) in [6.07, 6.45) is 11.0. The Morgan fingerprint density at radius 3 is 2.48 bits per heavy atom. The van der Waals surface area contributed by atoms with Gasteiger partial charge in [-0.05, 0) is 51.4 Å². The van der Waals surface area contributed by atoms with Crippen LogP contribution < -0.4 is 5.32 Å². The molecule has 1 aromatic rings. The highest BCUT2D eigenvalue weighted by Crippen LogP contribution is 2.29. The molecule has 0 saturated carbocycles. The van der Waals surface area contributed by atoms with Gasteiger partial charge < -0.3 is 15.1 Å². The van der Waals surface area contributed by atoms with Crippen LogP contribution in [0.15, 0.2) is 0 Å². The number of hydrogen-bond donors (Lipinski definition) is 1. The van der Waals surface area contributed by atoms with Crippen LogP contribution in [-0.2, 0) is 17.6 Å². The number of nitrogens with zero attached hydrogens (tertiary/aromatic N) is 3. The van der Waals surface area contributed by atoms with Crippen molar-refractivity contribution in [1.82, 2.24) is 14.8 Å². The number of aromatic nitrogens is 1. The lowest BCUT2D eigenvalue weighted by Crippen LogP contribution is -2.48. The highest BCUT2D eigenvalue weighted by atomic mass is 32.1. The Kier molecular flexibility index (Phi) is 5.95. The number of aryl methyl sites for hydroxylation is 2. The summed E-state index contributed by atoms with van der Waals surface area (Å²) in [7, 11) is 0. The fraction of sp³-hybridized carbons (Fsp3) is 0.750. The van der Waals surface area contributed by atoms with Gasteiger partial charge in [0.25, 0.3) is 0 Å². The topological polar surface area (TPSA) is 65.5 Å². The van der Waals surface area contributed by atoms with Crippen LogP contribution in [0.1, 0.15) is 61.9 Å². The maximum atomic E-state index is 12.8. The molecule has 0 bridgehead atoms. The number of rotatable bonds is 2. The van der Waals surface area contributed by atoms with Gasteiger partial charge in [0, 0.05) is 31.1 Å². The van der Waals surface area contributed by atoms with Gasteiger partial charge in [-0.3, -0.25) is 4.79 Å². The molecule has 148 valence electrons. The van der Waals surface area contributed by atoms with Crippen molar-refractivity contribution in [1.29, 1.82) is 0 Å². The first-order valence-corrected chi connectivity index (χ1v) is 11.4. The zero-order valence-corrected chi connectivity index (χ0v) is 16.9. The SMILES string of the molecule is O=C(Nc1nc2c(s1)CCCCCC2)[C@@H]1CCCN(C(=O)N2CCCC2)C1. The van der Waals surface area contributed by atoms with Gasteiger partial charge >= 0.3 is 6.03 Å². The molecule has 4 rings (SSSR count). The van der Waals surface area contributed by atoms with Crippen molar-refractivity contribution >= 4 is 28.4 Å². The minimum absolute atomic E-state index is 0.0237. The summed E-state index contributed by atoms with van der Waals surface area (Å²) in [5.74, 6) is -0.104. The Morgan fingerprint density at radius 1 is 0.926 bits per heavy atom. The Bertz CT molecular complexity index is 658. The van der Waals surface area contributed by atoms with E-state index in [1.54, 1.807) is 11.3 Å². The number of fused-ring (bicyclic) bond motifs is 1. The largest absolute Gasteiger partial charge is 0.325 e. The zero-order chi connectivity index (χ0) is 18.6. The van der Waals surface area contributed by atoms with Gasteiger partial charge in [0.1, 0.15) is 0 Å². The molecule has 3 heterocycles. The predicted octanol–water partition coefficient (Wildman–Crippen LogP) is 3.67. The van der Waals surface area contributed by atoms with Gasteiger partial charge in [-0.25, -0.2) is 9.78 Å². The van der Waals surface area contributed by atoms with Gasteiger partial charge in [-0.2, -0.15) is 0 Å². The van der Waals surface area contributed by atoms with Gasteiger partial charge in [0.15, 0.2) is 5.13 Å². The monoisotopic (exact) mass is 390 g/mol. The van der Waals surface area contributed by atoms with Gasteiger partial charge in [0.2, 0.25) is 5.91 Å². The van der Waals surface area contributed by atoms with Crippen molar-refractivity contribution in [3.05, 3.63) is 10.6 Å². The first kappa shape index (κ1) is 18.7. The summed E-state index contributed by atoms with van der Waals surface area (Å²) in [6, 6.07) is 0.113. The number of hydrogen-bond acceptors (Lipinski definition) is 4. The number of carbonyl (C=O) groups is 2. The fourth-order valence-electron chi connectivity index (χ4n) is 4.44. The molecule has 2 saturated heterocycles. The minimum Gasteiger partial charge on any atom is -0.325 e. The van der Waals surface area contributed by atoms with Crippen LogP contribution in [0.2, 0.25) is 0 Å². The van der Waals surface area contributed by atoms with Crippen molar-refractivity contribution < 1.29 is 9.59 Å². The van der Waals surface area contributed by atoms with Crippen LogP contribution >= 0.6 is 11.3 Å². The molecule has 1 N–H and O–H groups in total. The summed E-state index contributed by atoms with van der Waals surface area (Å²) in [5, 5.41) is 3.80. The second kappa shape index (κ2) is 8.59. The molecule has 0 aromatic carbocycles. The lowest BCUT2D eigenvalue weighted by molar-refractivity contribution is -0.121. The minimum atomic E-state index is -0.128. The second-order valence-corrected chi connectivity index (χ2v) is 9.14. The molecule has 2 aliphatic heterocycles. The van der Waals surface area contributed by atoms with Crippen LogP contribution in [0, 0.1) is 5.92 Å². The Hall–Kier alpha value is -1.63. The van der Waals surface area contributed by atoms with Gasteiger partial charge in [0.05, 0.1) is 11.6 Å². The number of carbonyl (C=O) groups excluding carboxylic acids is 2. The van der Waals surface area contributed by atoms with Crippen LogP contribution in [0.25, 0.3) is 0 Å². The standard InChI is InChI=1S/C20H30N4O2S/c25-18(22-19-21-16-9-3-1-2-4-10-17(16)27-19)15-8-7-13-24(14-15)20(26)23-11-5-6-12-23/h15H,1-14H2,(H,21,22,25)/t15-/m1/s1. The van der Waals surface area contributed by atoms with E-state index in [1.165, 1.54) is 36.3 Å². The van der Waals surface area contributed by atoms with Crippen LogP contribution in [-0.4, -0.2) is 52.9 Å². The molecule has 7 heteroatoms. The fourth-order valence-corrected chi connectivity index (χ4v) is 5.49. The number of nitrogens with one attached hydrogen (secondary N) is 1. The smallest absolute Gasteiger partial charge is 0.320 e. The highest BCUT2D eigenvalue weighted by Gasteiger charge is 2.32. The van der Waals surface area contributed by atoms with Gasteiger partial charge in [-0.1, -0.05) is 12.8 Å². The quantitative estimate of drug-likeness (QED) is 0.838. The third kappa shape index (κ3) is 4.45. The Balaban J connectivity index is 1.36. The summed E-state index contributed by atoms with van der Waals surface area (Å²) < 4.78 is 0. The third-order valence-electron chi connectivity index (χ3n) is 6.02. The van der Waals surface area contributed by atoms with E-state index in [4.69, 9.17) is 4.98 Å². The Morgan fingerprint density at radius 2 is 1.67 bits per heavy atom. The molecule has 3 amide bonds. The first-order valence-electron chi connectivity index (χ1n) is 10.5.